The van der Waals surface area contributed by atoms with Crippen molar-refractivity contribution in [2.45, 2.75) is 18.4 Å². The molecular weight excluding hydrogens is 468 g/mol. The van der Waals surface area contributed by atoms with E-state index in [1.165, 1.54) is 22.6 Å². The summed E-state index contributed by atoms with van der Waals surface area (Å²) >= 11 is 1.53. The lowest BCUT2D eigenvalue weighted by Gasteiger charge is -2.19. The van der Waals surface area contributed by atoms with E-state index in [0.29, 0.717) is 12.2 Å². The fourth-order valence-corrected chi connectivity index (χ4v) is 4.70. The summed E-state index contributed by atoms with van der Waals surface area (Å²) in [7, 11) is 1.56. The Labute approximate surface area is 206 Å². The van der Waals surface area contributed by atoms with Crippen LogP contribution in [-0.4, -0.2) is 57.5 Å². The van der Waals surface area contributed by atoms with Gasteiger partial charge in [-0.05, 0) is 40.7 Å². The molecule has 2 amide bonds. The van der Waals surface area contributed by atoms with E-state index < -0.39 is 24.0 Å². The Morgan fingerprint density at radius 1 is 1.11 bits per heavy atom. The quantitative estimate of drug-likeness (QED) is 0.414. The summed E-state index contributed by atoms with van der Waals surface area (Å²) in [4.78, 5) is 37.0. The number of hydrogen-bond acceptors (Lipinski definition) is 6. The number of fused-ring (bicyclic) bond motifs is 3. The van der Waals surface area contributed by atoms with Crippen molar-refractivity contribution in [2.24, 2.45) is 7.05 Å². The fourth-order valence-electron chi connectivity index (χ4n) is 4.23. The van der Waals surface area contributed by atoms with Crippen LogP contribution in [0.5, 0.6) is 0 Å². The van der Waals surface area contributed by atoms with Gasteiger partial charge in [0, 0.05) is 19.2 Å². The first-order valence-corrected chi connectivity index (χ1v) is 12.5. The number of anilines is 1. The van der Waals surface area contributed by atoms with Crippen molar-refractivity contribution >= 4 is 35.5 Å². The molecule has 1 aromatic heterocycles. The number of alkyl carbamates (subject to hydrolysis) is 1. The van der Waals surface area contributed by atoms with E-state index in [1.54, 1.807) is 7.05 Å². The van der Waals surface area contributed by atoms with Crippen LogP contribution in [0.2, 0.25) is 0 Å². The third-order valence-electron chi connectivity index (χ3n) is 5.86. The molecule has 4 rings (SSSR count). The maximum absolute atomic E-state index is 12.9. The van der Waals surface area contributed by atoms with Gasteiger partial charge in [0.25, 0.3) is 0 Å². The standard InChI is InChI=1S/C25H26N4O5S/c1-29-13-19(24(31)32)22(28-29)27-23(30)21(11-12-35-2)26-25(33)34-14-20-17-9-5-3-7-15(17)16-8-4-6-10-18(16)20/h3-10,13,20-21H,11-12,14H2,1-2H3,(H,26,33)(H,31,32)(H,27,28,30)/t21-/m1/s1. The minimum Gasteiger partial charge on any atom is -0.477 e. The molecule has 0 saturated carbocycles. The van der Waals surface area contributed by atoms with Crippen LogP contribution in [0.4, 0.5) is 10.6 Å². The SMILES string of the molecule is CSCC[C@@H](NC(=O)OCC1c2ccccc2-c2ccccc21)C(=O)Nc1nn(C)cc1C(=O)O. The molecule has 3 N–H and O–H groups in total. The Bertz CT molecular complexity index is 1210. The van der Waals surface area contributed by atoms with E-state index in [0.717, 1.165) is 22.3 Å². The molecule has 3 aromatic rings. The van der Waals surface area contributed by atoms with E-state index >= 15 is 0 Å². The molecule has 0 aliphatic heterocycles. The van der Waals surface area contributed by atoms with Crippen molar-refractivity contribution in [3.63, 3.8) is 0 Å². The monoisotopic (exact) mass is 494 g/mol. The van der Waals surface area contributed by atoms with Gasteiger partial charge in [-0.1, -0.05) is 48.5 Å². The summed E-state index contributed by atoms with van der Waals surface area (Å²) in [6.07, 6.45) is 2.82. The maximum Gasteiger partial charge on any atom is 0.407 e. The zero-order chi connectivity index (χ0) is 24.9. The average Bonchev–Trinajstić information content (AvgIpc) is 3.37. The lowest BCUT2D eigenvalue weighted by atomic mass is 9.98. The van der Waals surface area contributed by atoms with Gasteiger partial charge in [-0.2, -0.15) is 16.9 Å². The van der Waals surface area contributed by atoms with Crippen LogP contribution in [0, 0.1) is 0 Å². The number of aryl methyl sites for hydroxylation is 1. The number of thioether (sulfide) groups is 1. The lowest BCUT2D eigenvalue weighted by Crippen LogP contribution is -2.44. The molecule has 0 unspecified atom stereocenters. The first kappa shape index (κ1) is 24.3. The first-order valence-electron chi connectivity index (χ1n) is 11.1. The highest BCUT2D eigenvalue weighted by molar-refractivity contribution is 7.98. The molecule has 1 heterocycles. The van der Waals surface area contributed by atoms with Crippen LogP contribution >= 0.6 is 11.8 Å². The van der Waals surface area contributed by atoms with Crippen molar-refractivity contribution in [3.8, 4) is 11.1 Å². The first-order chi connectivity index (χ1) is 16.9. The third kappa shape index (κ3) is 5.32. The van der Waals surface area contributed by atoms with Crippen LogP contribution in [0.25, 0.3) is 11.1 Å². The van der Waals surface area contributed by atoms with Gasteiger partial charge in [0.1, 0.15) is 18.2 Å². The van der Waals surface area contributed by atoms with Crippen molar-refractivity contribution in [2.75, 3.05) is 23.9 Å². The van der Waals surface area contributed by atoms with Crippen LogP contribution in [-0.2, 0) is 16.6 Å². The van der Waals surface area contributed by atoms with Gasteiger partial charge in [-0.15, -0.1) is 0 Å². The van der Waals surface area contributed by atoms with Gasteiger partial charge in [-0.3, -0.25) is 9.48 Å². The van der Waals surface area contributed by atoms with Gasteiger partial charge in [-0.25, -0.2) is 9.59 Å². The number of carboxylic acid groups (broad SMARTS) is 1. The summed E-state index contributed by atoms with van der Waals surface area (Å²) in [5.41, 5.74) is 4.30. The molecule has 182 valence electrons. The normalized spacial score (nSPS) is 13.0. The molecule has 35 heavy (non-hydrogen) atoms. The fraction of sp³-hybridized carbons (Fsp3) is 0.280. The second kappa shape index (κ2) is 10.6. The summed E-state index contributed by atoms with van der Waals surface area (Å²) in [6.45, 7) is 0.125. The van der Waals surface area contributed by atoms with E-state index in [1.807, 2.05) is 42.7 Å². The molecule has 9 nitrogen and oxygen atoms in total. The molecule has 0 fully saturated rings. The smallest absolute Gasteiger partial charge is 0.407 e. The van der Waals surface area contributed by atoms with Gasteiger partial charge in [0.15, 0.2) is 5.82 Å². The Morgan fingerprint density at radius 2 is 1.74 bits per heavy atom. The van der Waals surface area contributed by atoms with Gasteiger partial charge < -0.3 is 20.5 Å². The number of carboxylic acids is 1. The highest BCUT2D eigenvalue weighted by Crippen LogP contribution is 2.44. The second-order valence-electron chi connectivity index (χ2n) is 8.16. The second-order valence-corrected chi connectivity index (χ2v) is 9.15. The highest BCUT2D eigenvalue weighted by atomic mass is 32.2. The molecule has 0 saturated heterocycles. The Morgan fingerprint density at radius 3 is 2.34 bits per heavy atom. The minimum absolute atomic E-state index is 0.0755. The van der Waals surface area contributed by atoms with Crippen molar-refractivity contribution in [3.05, 3.63) is 71.4 Å². The number of hydrogen-bond donors (Lipinski definition) is 3. The number of carbonyl (C=O) groups excluding carboxylic acids is 2. The summed E-state index contributed by atoms with van der Waals surface area (Å²) < 4.78 is 6.87. The van der Waals surface area contributed by atoms with Gasteiger partial charge in [0.2, 0.25) is 5.91 Å². The largest absolute Gasteiger partial charge is 0.477 e. The molecule has 2 aromatic carbocycles. The Balaban J connectivity index is 1.43. The maximum atomic E-state index is 12.9. The number of carbonyl (C=O) groups is 3. The number of nitrogens with zero attached hydrogens (tertiary/aromatic N) is 2. The summed E-state index contributed by atoms with van der Waals surface area (Å²) in [5, 5.41) is 18.5. The number of aromatic carboxylic acids is 1. The number of nitrogens with one attached hydrogen (secondary N) is 2. The molecule has 0 radical (unpaired) electrons. The summed E-state index contributed by atoms with van der Waals surface area (Å²) in [5.74, 6) is -1.34. The Hall–Kier alpha value is -3.79. The molecule has 1 atom stereocenters. The number of rotatable bonds is 9. The van der Waals surface area contributed by atoms with Crippen LogP contribution < -0.4 is 10.6 Å². The van der Waals surface area contributed by atoms with Gasteiger partial charge >= 0.3 is 12.1 Å². The van der Waals surface area contributed by atoms with Crippen molar-refractivity contribution < 1.29 is 24.2 Å². The molecule has 1 aliphatic carbocycles. The van der Waals surface area contributed by atoms with Crippen molar-refractivity contribution in [1.29, 1.82) is 0 Å². The van der Waals surface area contributed by atoms with Crippen LogP contribution in [0.3, 0.4) is 0 Å². The van der Waals surface area contributed by atoms with Gasteiger partial charge in [0.05, 0.1) is 0 Å². The highest BCUT2D eigenvalue weighted by Gasteiger charge is 2.30. The minimum atomic E-state index is -1.21. The Kier molecular flexibility index (Phi) is 7.40. The number of benzene rings is 2. The van der Waals surface area contributed by atoms with E-state index in [4.69, 9.17) is 4.74 Å². The number of ether oxygens (including phenoxy) is 1. The summed E-state index contributed by atoms with van der Waals surface area (Å²) in [6, 6.07) is 15.1. The topological polar surface area (TPSA) is 123 Å². The zero-order valence-corrected chi connectivity index (χ0v) is 20.2. The lowest BCUT2D eigenvalue weighted by molar-refractivity contribution is -0.118. The van der Waals surface area contributed by atoms with E-state index in [9.17, 15) is 19.5 Å². The molecule has 0 bridgehead atoms. The van der Waals surface area contributed by atoms with Crippen molar-refractivity contribution in [1.82, 2.24) is 15.1 Å². The average molecular weight is 495 g/mol. The third-order valence-corrected chi connectivity index (χ3v) is 6.51. The van der Waals surface area contributed by atoms with E-state index in [-0.39, 0.29) is 23.9 Å². The predicted molar refractivity (Wildman–Crippen MR) is 134 cm³/mol. The molecule has 10 heteroatoms. The molecule has 1 aliphatic rings. The predicted octanol–water partition coefficient (Wildman–Crippen LogP) is 3.72. The number of aromatic nitrogens is 2. The van der Waals surface area contributed by atoms with E-state index in [2.05, 4.69) is 27.9 Å². The zero-order valence-electron chi connectivity index (χ0n) is 19.4. The molecule has 0 spiro atoms. The number of amides is 2. The van der Waals surface area contributed by atoms with Crippen LogP contribution in [0.15, 0.2) is 54.7 Å². The van der Waals surface area contributed by atoms with Crippen LogP contribution in [0.1, 0.15) is 33.8 Å². The molecular formula is C25H26N4O5S.